The first-order valence-corrected chi connectivity index (χ1v) is 12.2. The molecule has 2 aromatic carbocycles. The Kier molecular flexibility index (Phi) is 5.21. The van der Waals surface area contributed by atoms with Crippen molar-refractivity contribution in [2.24, 2.45) is 5.14 Å². The maximum Gasteiger partial charge on any atom is 0.269 e. The predicted molar refractivity (Wildman–Crippen MR) is 117 cm³/mol. The van der Waals surface area contributed by atoms with Crippen LogP contribution in [0, 0.1) is 6.92 Å². The first-order chi connectivity index (χ1) is 14.6. The molecule has 0 aliphatic heterocycles. The van der Waals surface area contributed by atoms with E-state index < -0.39 is 20.0 Å². The Morgan fingerprint density at radius 1 is 0.968 bits per heavy atom. The molecule has 160 valence electrons. The molecule has 9 nitrogen and oxygen atoms in total. The van der Waals surface area contributed by atoms with E-state index in [2.05, 4.69) is 15.3 Å². The van der Waals surface area contributed by atoms with Crippen molar-refractivity contribution in [2.75, 3.05) is 5.32 Å². The van der Waals surface area contributed by atoms with E-state index in [0.717, 1.165) is 9.54 Å². The van der Waals surface area contributed by atoms with Gasteiger partial charge in [0.25, 0.3) is 10.0 Å². The molecule has 0 amide bonds. The zero-order valence-corrected chi connectivity index (χ0v) is 18.4. The van der Waals surface area contributed by atoms with E-state index in [9.17, 15) is 16.8 Å². The molecule has 0 fully saturated rings. The maximum absolute atomic E-state index is 13.1. The van der Waals surface area contributed by atoms with Crippen molar-refractivity contribution in [1.29, 1.82) is 0 Å². The van der Waals surface area contributed by atoms with Crippen LogP contribution in [-0.4, -0.2) is 30.8 Å². The van der Waals surface area contributed by atoms with Gasteiger partial charge in [-0.1, -0.05) is 23.8 Å². The molecular formula is C19H16ClN5O4S2. The summed E-state index contributed by atoms with van der Waals surface area (Å²) in [7, 11) is -7.83. The van der Waals surface area contributed by atoms with Crippen molar-refractivity contribution in [1.82, 2.24) is 13.9 Å². The third-order valence-electron chi connectivity index (χ3n) is 4.49. The summed E-state index contributed by atoms with van der Waals surface area (Å²) in [5.41, 5.74) is 1.37. The normalized spacial score (nSPS) is 12.2. The van der Waals surface area contributed by atoms with E-state index >= 15 is 0 Å². The number of nitrogens with one attached hydrogen (secondary N) is 1. The monoisotopic (exact) mass is 477 g/mol. The Bertz CT molecular complexity index is 1510. The number of benzene rings is 2. The SMILES string of the molecule is Cc1ccc(S(=O)(=O)n2ccc3c(Nc4cccc(S(N)(=O)=O)c4)nc(Cl)nc32)cc1. The summed E-state index contributed by atoms with van der Waals surface area (Å²) in [6.07, 6.45) is 1.36. The average Bonchev–Trinajstić information content (AvgIpc) is 3.12. The molecule has 31 heavy (non-hydrogen) atoms. The van der Waals surface area contributed by atoms with Gasteiger partial charge in [-0.3, -0.25) is 0 Å². The Labute approximate surface area is 183 Å². The van der Waals surface area contributed by atoms with Gasteiger partial charge in [-0.15, -0.1) is 0 Å². The molecule has 0 unspecified atom stereocenters. The highest BCUT2D eigenvalue weighted by molar-refractivity contribution is 7.90. The quantitative estimate of drug-likeness (QED) is 0.421. The molecule has 2 heterocycles. The number of rotatable bonds is 5. The van der Waals surface area contributed by atoms with Crippen LogP contribution >= 0.6 is 11.6 Å². The lowest BCUT2D eigenvalue weighted by Gasteiger charge is -2.10. The van der Waals surface area contributed by atoms with Gasteiger partial charge in [0.2, 0.25) is 15.3 Å². The lowest BCUT2D eigenvalue weighted by atomic mass is 10.2. The van der Waals surface area contributed by atoms with Crippen LogP contribution in [0.5, 0.6) is 0 Å². The Morgan fingerprint density at radius 3 is 2.35 bits per heavy atom. The molecule has 0 aliphatic rings. The zero-order chi connectivity index (χ0) is 22.4. The summed E-state index contributed by atoms with van der Waals surface area (Å²) in [5, 5.41) is 8.32. The van der Waals surface area contributed by atoms with Gasteiger partial charge in [0.05, 0.1) is 15.2 Å². The highest BCUT2D eigenvalue weighted by Gasteiger charge is 2.22. The predicted octanol–water partition coefficient (Wildman–Crippen LogP) is 3.02. The summed E-state index contributed by atoms with van der Waals surface area (Å²) < 4.78 is 50.5. The number of hydrogen-bond donors (Lipinski definition) is 2. The number of hydrogen-bond acceptors (Lipinski definition) is 7. The van der Waals surface area contributed by atoms with Crippen LogP contribution in [0.2, 0.25) is 5.28 Å². The van der Waals surface area contributed by atoms with E-state index in [-0.39, 0.29) is 26.5 Å². The first kappa shape index (κ1) is 21.2. The first-order valence-electron chi connectivity index (χ1n) is 8.82. The average molecular weight is 478 g/mol. The Hall–Kier alpha value is -2.99. The van der Waals surface area contributed by atoms with Gasteiger partial charge in [0.15, 0.2) is 5.65 Å². The minimum atomic E-state index is -3.93. The number of fused-ring (bicyclic) bond motifs is 1. The molecule has 0 radical (unpaired) electrons. The summed E-state index contributed by atoms with van der Waals surface area (Å²) in [4.78, 5) is 8.22. The molecule has 0 spiro atoms. The number of aryl methyl sites for hydroxylation is 1. The second-order valence-electron chi connectivity index (χ2n) is 6.71. The molecule has 0 saturated heterocycles. The standard InChI is InChI=1S/C19H16ClN5O4S2/c1-12-5-7-14(8-6-12)31(28,29)25-10-9-16-17(23-19(20)24-18(16)25)22-13-3-2-4-15(11-13)30(21,26)27/h2-11H,1H3,(H2,21,26,27)(H,22,23,24). The Morgan fingerprint density at radius 2 is 1.68 bits per heavy atom. The van der Waals surface area contributed by atoms with E-state index in [4.69, 9.17) is 16.7 Å². The van der Waals surface area contributed by atoms with Gasteiger partial charge in [-0.2, -0.15) is 9.97 Å². The van der Waals surface area contributed by atoms with Crippen molar-refractivity contribution in [3.05, 3.63) is 71.6 Å². The third kappa shape index (κ3) is 4.12. The number of nitrogens with two attached hydrogens (primary N) is 1. The fourth-order valence-electron chi connectivity index (χ4n) is 2.97. The van der Waals surface area contributed by atoms with Gasteiger partial charge in [0, 0.05) is 11.9 Å². The maximum atomic E-state index is 13.1. The molecular weight excluding hydrogens is 462 g/mol. The molecule has 3 N–H and O–H groups in total. The van der Waals surface area contributed by atoms with Gasteiger partial charge in [-0.25, -0.2) is 25.9 Å². The molecule has 0 aliphatic carbocycles. The number of sulfonamides is 1. The van der Waals surface area contributed by atoms with Gasteiger partial charge >= 0.3 is 0 Å². The van der Waals surface area contributed by atoms with E-state index in [1.807, 2.05) is 6.92 Å². The third-order valence-corrected chi connectivity index (χ3v) is 7.25. The van der Waals surface area contributed by atoms with Crippen LogP contribution in [0.25, 0.3) is 11.0 Å². The highest BCUT2D eigenvalue weighted by atomic mass is 35.5. The summed E-state index contributed by atoms with van der Waals surface area (Å²) >= 11 is 6.05. The van der Waals surface area contributed by atoms with Crippen LogP contribution < -0.4 is 10.5 Å². The second kappa shape index (κ2) is 7.61. The highest BCUT2D eigenvalue weighted by Crippen LogP contribution is 2.29. The fraction of sp³-hybridized carbons (Fsp3) is 0.0526. The van der Waals surface area contributed by atoms with Crippen molar-refractivity contribution in [2.45, 2.75) is 16.7 Å². The van der Waals surface area contributed by atoms with Crippen LogP contribution in [0.15, 0.2) is 70.6 Å². The van der Waals surface area contributed by atoms with Crippen LogP contribution in [0.3, 0.4) is 0 Å². The summed E-state index contributed by atoms with van der Waals surface area (Å²) in [6.45, 7) is 1.86. The summed E-state index contributed by atoms with van der Waals surface area (Å²) in [5.74, 6) is 0.208. The zero-order valence-electron chi connectivity index (χ0n) is 16.0. The topological polar surface area (TPSA) is 137 Å². The number of aromatic nitrogens is 3. The number of nitrogens with zero attached hydrogens (tertiary/aromatic N) is 3. The fourth-order valence-corrected chi connectivity index (χ4v) is 4.99. The van der Waals surface area contributed by atoms with E-state index in [1.54, 1.807) is 18.2 Å². The van der Waals surface area contributed by atoms with Crippen LogP contribution in [0.4, 0.5) is 11.5 Å². The van der Waals surface area contributed by atoms with Crippen molar-refractivity contribution >= 4 is 54.2 Å². The van der Waals surface area contributed by atoms with Crippen LogP contribution in [-0.2, 0) is 20.0 Å². The van der Waals surface area contributed by atoms with E-state index in [0.29, 0.717) is 11.1 Å². The van der Waals surface area contributed by atoms with Gasteiger partial charge in [0.1, 0.15) is 5.82 Å². The molecule has 0 saturated carbocycles. The van der Waals surface area contributed by atoms with Crippen molar-refractivity contribution < 1.29 is 16.8 Å². The van der Waals surface area contributed by atoms with Crippen LogP contribution in [0.1, 0.15) is 5.56 Å². The molecule has 4 aromatic rings. The smallest absolute Gasteiger partial charge is 0.269 e. The lowest BCUT2D eigenvalue weighted by molar-refractivity contribution is 0.588. The molecule has 4 rings (SSSR count). The minimum Gasteiger partial charge on any atom is -0.339 e. The van der Waals surface area contributed by atoms with Gasteiger partial charge < -0.3 is 5.32 Å². The molecule has 12 heteroatoms. The molecule has 0 bridgehead atoms. The molecule has 0 atom stereocenters. The van der Waals surface area contributed by atoms with E-state index in [1.165, 1.54) is 42.6 Å². The van der Waals surface area contributed by atoms with Crippen molar-refractivity contribution in [3.63, 3.8) is 0 Å². The number of primary sulfonamides is 1. The minimum absolute atomic E-state index is 0.0747. The number of anilines is 2. The molecule has 2 aromatic heterocycles. The number of halogens is 1. The Balaban J connectivity index is 1.82. The largest absolute Gasteiger partial charge is 0.339 e. The lowest BCUT2D eigenvalue weighted by Crippen LogP contribution is -2.13. The van der Waals surface area contributed by atoms with Crippen molar-refractivity contribution in [3.8, 4) is 0 Å². The van der Waals surface area contributed by atoms with Gasteiger partial charge in [-0.05, 0) is 54.9 Å². The second-order valence-corrected chi connectivity index (χ2v) is 10.4. The summed E-state index contributed by atoms with van der Waals surface area (Å²) in [6, 6.07) is 13.8.